The number of hydrogen-bond donors (Lipinski definition) is 3. The van der Waals surface area contributed by atoms with Gasteiger partial charge in [0.2, 0.25) is 0 Å². The van der Waals surface area contributed by atoms with Crippen molar-refractivity contribution in [1.29, 1.82) is 0 Å². The molecule has 0 atom stereocenters. The van der Waals surface area contributed by atoms with Crippen LogP contribution in [0.25, 0.3) is 17.1 Å². The average Bonchev–Trinajstić information content (AvgIpc) is 3.35. The smallest absolute Gasteiger partial charge is 0.406 e. The summed E-state index contributed by atoms with van der Waals surface area (Å²) in [5.41, 5.74) is 4.67. The minimum absolute atomic E-state index is 0.163. The van der Waals surface area contributed by atoms with Crippen molar-refractivity contribution < 1.29 is 22.7 Å². The van der Waals surface area contributed by atoms with E-state index in [1.54, 1.807) is 24.3 Å². The molecule has 3 aromatic carbocycles. The molecule has 0 saturated carbocycles. The average molecular weight is 541 g/mol. The number of nitrogens with one attached hydrogen (secondary N) is 2. The zero-order chi connectivity index (χ0) is 27.3. The van der Waals surface area contributed by atoms with Crippen LogP contribution in [0.1, 0.15) is 18.1 Å². The number of amidine groups is 1. The molecule has 0 unspecified atom stereocenters. The molecule has 0 aliphatic heterocycles. The summed E-state index contributed by atoms with van der Waals surface area (Å²) in [5.74, 6) is 0.0635. The molecule has 0 bridgehead atoms. The number of benzene rings is 3. The van der Waals surface area contributed by atoms with Crippen LogP contribution < -0.4 is 15.4 Å². The van der Waals surface area contributed by atoms with E-state index >= 15 is 0 Å². The number of nitrogens with zero attached hydrogens (tertiary/aromatic N) is 4. The van der Waals surface area contributed by atoms with E-state index < -0.39 is 12.4 Å². The Bertz CT molecular complexity index is 1450. The van der Waals surface area contributed by atoms with E-state index in [-0.39, 0.29) is 10.9 Å². The standard InChI is InChI=1S/C26H23F3N6O2S/c1-3-17-6-4-5-16(2)22(17)32-25(38)33-24(36)31-19-9-7-18(8-10-19)23-30-15-35(34-23)20-11-13-21(14-12-20)37-26(27,28)29/h4-15H,3H2,1-2H3,(H3,31,32,33,36,38). The van der Waals surface area contributed by atoms with Gasteiger partial charge in [-0.1, -0.05) is 25.1 Å². The van der Waals surface area contributed by atoms with Crippen LogP contribution in [0.4, 0.5) is 29.3 Å². The number of thiol groups is 1. The number of anilines is 2. The van der Waals surface area contributed by atoms with Crippen LogP contribution in [0.5, 0.6) is 5.75 Å². The van der Waals surface area contributed by atoms with E-state index in [0.717, 1.165) is 23.2 Å². The lowest BCUT2D eigenvalue weighted by atomic mass is 10.1. The van der Waals surface area contributed by atoms with Crippen LogP contribution >= 0.6 is 12.6 Å². The summed E-state index contributed by atoms with van der Waals surface area (Å²) >= 11 is 4.30. The molecule has 38 heavy (non-hydrogen) atoms. The third kappa shape index (κ3) is 6.91. The van der Waals surface area contributed by atoms with Gasteiger partial charge in [-0.2, -0.15) is 4.99 Å². The third-order valence-electron chi connectivity index (χ3n) is 5.41. The van der Waals surface area contributed by atoms with Crippen molar-refractivity contribution in [2.45, 2.75) is 26.6 Å². The van der Waals surface area contributed by atoms with Gasteiger partial charge in [-0.05, 0) is 73.0 Å². The van der Waals surface area contributed by atoms with Gasteiger partial charge in [0.15, 0.2) is 11.0 Å². The molecule has 1 heterocycles. The van der Waals surface area contributed by atoms with Crippen LogP contribution in [0, 0.1) is 6.92 Å². The summed E-state index contributed by atoms with van der Waals surface area (Å²) in [6.45, 7) is 4.01. The maximum atomic E-state index is 12.4. The highest BCUT2D eigenvalue weighted by Gasteiger charge is 2.31. The SMILES string of the molecule is CCc1cccc(C)c1N/C(S)=N/C(=O)Nc1ccc(-c2ncn(-c3ccc(OC(F)(F)F)cc3)n2)cc1. The van der Waals surface area contributed by atoms with E-state index in [2.05, 4.69) is 43.1 Å². The molecule has 4 aromatic rings. The first-order valence-electron chi connectivity index (χ1n) is 11.4. The highest BCUT2D eigenvalue weighted by molar-refractivity contribution is 7.97. The van der Waals surface area contributed by atoms with Gasteiger partial charge in [0.25, 0.3) is 0 Å². The fraction of sp³-hybridized carbons (Fsp3) is 0.154. The van der Waals surface area contributed by atoms with Gasteiger partial charge >= 0.3 is 12.4 Å². The number of carbonyl (C=O) groups excluding carboxylic acids is 1. The molecular formula is C26H23F3N6O2S. The van der Waals surface area contributed by atoms with Crippen molar-refractivity contribution in [3.05, 3.63) is 84.2 Å². The van der Waals surface area contributed by atoms with Gasteiger partial charge in [-0.3, -0.25) is 0 Å². The first-order chi connectivity index (χ1) is 18.1. The van der Waals surface area contributed by atoms with Gasteiger partial charge in [-0.25, -0.2) is 14.5 Å². The second-order valence-electron chi connectivity index (χ2n) is 8.08. The first kappa shape index (κ1) is 26.7. The molecule has 0 aliphatic carbocycles. The van der Waals surface area contributed by atoms with Crippen molar-refractivity contribution in [3.8, 4) is 22.8 Å². The van der Waals surface area contributed by atoms with Crippen LogP contribution in [-0.2, 0) is 6.42 Å². The number of aryl methyl sites for hydroxylation is 2. The largest absolute Gasteiger partial charge is 0.573 e. The Morgan fingerprint density at radius 2 is 1.76 bits per heavy atom. The summed E-state index contributed by atoms with van der Waals surface area (Å²) < 4.78 is 42.3. The summed E-state index contributed by atoms with van der Waals surface area (Å²) in [7, 11) is 0. The Morgan fingerprint density at radius 1 is 1.05 bits per heavy atom. The topological polar surface area (TPSA) is 93.4 Å². The molecule has 1 aromatic heterocycles. The number of carbonyl (C=O) groups is 1. The number of halogens is 3. The molecule has 4 rings (SSSR count). The predicted octanol–water partition coefficient (Wildman–Crippen LogP) is 6.63. The fourth-order valence-electron chi connectivity index (χ4n) is 3.61. The number of urea groups is 1. The van der Waals surface area contributed by atoms with Gasteiger partial charge in [0.05, 0.1) is 5.69 Å². The number of para-hydroxylation sites is 1. The molecule has 196 valence electrons. The number of amides is 2. The minimum Gasteiger partial charge on any atom is -0.406 e. The number of ether oxygens (including phenoxy) is 1. The highest BCUT2D eigenvalue weighted by Crippen LogP contribution is 2.25. The van der Waals surface area contributed by atoms with Crippen molar-refractivity contribution >= 4 is 35.2 Å². The van der Waals surface area contributed by atoms with Gasteiger partial charge < -0.3 is 15.4 Å². The van der Waals surface area contributed by atoms with Gasteiger partial charge in [-0.15, -0.1) is 30.9 Å². The van der Waals surface area contributed by atoms with Crippen molar-refractivity contribution in [1.82, 2.24) is 14.8 Å². The zero-order valence-corrected chi connectivity index (χ0v) is 21.2. The number of alkyl halides is 3. The monoisotopic (exact) mass is 540 g/mol. The Labute approximate surface area is 222 Å². The molecule has 0 fully saturated rings. The molecule has 12 heteroatoms. The molecule has 0 aliphatic rings. The highest BCUT2D eigenvalue weighted by atomic mass is 32.1. The number of aromatic nitrogens is 3. The van der Waals surface area contributed by atoms with Gasteiger partial charge in [0, 0.05) is 16.9 Å². The lowest BCUT2D eigenvalue weighted by Crippen LogP contribution is -2.17. The molecule has 0 saturated heterocycles. The van der Waals surface area contributed by atoms with Crippen LogP contribution in [-0.4, -0.2) is 32.3 Å². The molecule has 2 amide bonds. The number of aliphatic imine (C=N–C) groups is 1. The molecule has 0 spiro atoms. The van der Waals surface area contributed by atoms with E-state index in [9.17, 15) is 18.0 Å². The Hall–Kier alpha value is -4.32. The van der Waals surface area contributed by atoms with Crippen LogP contribution in [0.3, 0.4) is 0 Å². The minimum atomic E-state index is -4.76. The van der Waals surface area contributed by atoms with Crippen molar-refractivity contribution in [3.63, 3.8) is 0 Å². The normalized spacial score (nSPS) is 11.8. The fourth-order valence-corrected chi connectivity index (χ4v) is 3.81. The number of rotatable bonds is 6. The maximum absolute atomic E-state index is 12.4. The lowest BCUT2D eigenvalue weighted by Gasteiger charge is -2.13. The Morgan fingerprint density at radius 3 is 2.42 bits per heavy atom. The maximum Gasteiger partial charge on any atom is 0.573 e. The molecular weight excluding hydrogens is 517 g/mol. The first-order valence-corrected chi connectivity index (χ1v) is 11.9. The van der Waals surface area contributed by atoms with Crippen molar-refractivity contribution in [2.24, 2.45) is 4.99 Å². The van der Waals surface area contributed by atoms with E-state index in [4.69, 9.17) is 0 Å². The predicted molar refractivity (Wildman–Crippen MR) is 143 cm³/mol. The second kappa shape index (κ2) is 11.4. The molecule has 8 nitrogen and oxygen atoms in total. The van der Waals surface area contributed by atoms with E-state index in [1.165, 1.54) is 35.3 Å². The van der Waals surface area contributed by atoms with Crippen LogP contribution in [0.2, 0.25) is 0 Å². The quantitative estimate of drug-likeness (QED) is 0.145. The summed E-state index contributed by atoms with van der Waals surface area (Å²) in [4.78, 5) is 20.6. The number of hydrogen-bond acceptors (Lipinski definition) is 4. The summed E-state index contributed by atoms with van der Waals surface area (Å²) in [6.07, 6.45) is -2.50. The summed E-state index contributed by atoms with van der Waals surface area (Å²) in [5, 5.41) is 10.3. The van der Waals surface area contributed by atoms with Crippen LogP contribution in [0.15, 0.2) is 78.0 Å². The second-order valence-corrected chi connectivity index (χ2v) is 8.51. The Balaban J connectivity index is 1.39. The zero-order valence-electron chi connectivity index (χ0n) is 20.3. The third-order valence-corrected chi connectivity index (χ3v) is 5.62. The van der Waals surface area contributed by atoms with E-state index in [0.29, 0.717) is 22.8 Å². The van der Waals surface area contributed by atoms with Crippen molar-refractivity contribution in [2.75, 3.05) is 10.6 Å². The van der Waals surface area contributed by atoms with Gasteiger partial charge in [0.1, 0.15) is 12.1 Å². The molecule has 2 N–H and O–H groups in total. The Kier molecular flexibility index (Phi) is 8.01. The summed E-state index contributed by atoms with van der Waals surface area (Å²) in [6, 6.07) is 17.4. The van der Waals surface area contributed by atoms with E-state index in [1.807, 2.05) is 32.0 Å². The lowest BCUT2D eigenvalue weighted by molar-refractivity contribution is -0.274. The molecule has 0 radical (unpaired) electrons.